The van der Waals surface area contributed by atoms with Gasteiger partial charge in [-0.3, -0.25) is 9.36 Å². The van der Waals surface area contributed by atoms with E-state index in [0.29, 0.717) is 12.5 Å². The predicted molar refractivity (Wildman–Crippen MR) is 132 cm³/mol. The van der Waals surface area contributed by atoms with Gasteiger partial charge in [0.15, 0.2) is 20.8 Å². The summed E-state index contributed by atoms with van der Waals surface area (Å²) in [7, 11) is -1.32. The number of rotatable bonds is 6. The number of hydrogen-bond donors (Lipinski definition) is 0. The molecule has 180 valence electrons. The van der Waals surface area contributed by atoms with Crippen molar-refractivity contribution in [1.82, 2.24) is 19.7 Å². The molecular weight excluding hydrogens is 456 g/mol. The van der Waals surface area contributed by atoms with Crippen molar-refractivity contribution in [2.24, 2.45) is 0 Å². The van der Waals surface area contributed by atoms with Crippen LogP contribution in [0.3, 0.4) is 0 Å². The van der Waals surface area contributed by atoms with Crippen LogP contribution < -0.4 is 0 Å². The van der Waals surface area contributed by atoms with Crippen LogP contribution in [0.25, 0.3) is 11.4 Å². The largest absolute Gasteiger partial charge is 0.341 e. The fourth-order valence-corrected chi connectivity index (χ4v) is 7.40. The molecular formula is C24H34N4O3S2. The van der Waals surface area contributed by atoms with Crippen molar-refractivity contribution in [1.29, 1.82) is 0 Å². The van der Waals surface area contributed by atoms with Gasteiger partial charge in [-0.1, -0.05) is 69.6 Å². The lowest BCUT2D eigenvalue weighted by Gasteiger charge is -2.23. The van der Waals surface area contributed by atoms with Crippen LogP contribution in [-0.4, -0.2) is 64.3 Å². The summed E-state index contributed by atoms with van der Waals surface area (Å²) in [4.78, 5) is 14.4. The SMILES string of the molecule is CN(C(=O)CSc1nnc(-c2ccc(C(C)(C)C)cc2)n1C1CCCC1)C1CCS(=O)(=O)C1. The Morgan fingerprint density at radius 3 is 2.36 bits per heavy atom. The van der Waals surface area contributed by atoms with Gasteiger partial charge in [-0.25, -0.2) is 8.42 Å². The lowest BCUT2D eigenvalue weighted by molar-refractivity contribution is -0.128. The second-order valence-electron chi connectivity index (χ2n) is 10.3. The highest BCUT2D eigenvalue weighted by Crippen LogP contribution is 2.37. The quantitative estimate of drug-likeness (QED) is 0.567. The third-order valence-corrected chi connectivity index (χ3v) is 9.52. The standard InChI is InChI=1S/C24H34N4O3S2/c1-24(2,3)18-11-9-17(10-12-18)22-25-26-23(28(22)19-7-5-6-8-19)32-15-21(29)27(4)20-13-14-33(30,31)16-20/h9-12,19-20H,5-8,13-16H2,1-4H3. The molecule has 1 saturated heterocycles. The zero-order valence-electron chi connectivity index (χ0n) is 20.0. The van der Waals surface area contributed by atoms with Gasteiger partial charge in [0.05, 0.1) is 17.3 Å². The first kappa shape index (κ1) is 24.3. The lowest BCUT2D eigenvalue weighted by atomic mass is 9.86. The Bertz CT molecular complexity index is 1100. The average molecular weight is 491 g/mol. The van der Waals surface area contributed by atoms with E-state index in [9.17, 15) is 13.2 Å². The molecule has 1 aliphatic heterocycles. The second-order valence-corrected chi connectivity index (χ2v) is 13.5. The van der Waals surface area contributed by atoms with E-state index >= 15 is 0 Å². The molecule has 33 heavy (non-hydrogen) atoms. The lowest BCUT2D eigenvalue weighted by Crippen LogP contribution is -2.38. The number of carbonyl (C=O) groups excluding carboxylic acids is 1. The summed E-state index contributed by atoms with van der Waals surface area (Å²) in [6, 6.07) is 8.65. The molecule has 1 saturated carbocycles. The van der Waals surface area contributed by atoms with Crippen molar-refractivity contribution in [3.8, 4) is 11.4 Å². The first-order chi connectivity index (χ1) is 15.5. The van der Waals surface area contributed by atoms with E-state index in [2.05, 4.69) is 59.8 Å². The maximum atomic E-state index is 12.8. The van der Waals surface area contributed by atoms with Crippen LogP contribution >= 0.6 is 11.8 Å². The number of aromatic nitrogens is 3. The Kier molecular flexibility index (Phi) is 6.92. The highest BCUT2D eigenvalue weighted by Gasteiger charge is 2.33. The van der Waals surface area contributed by atoms with Gasteiger partial charge in [0.25, 0.3) is 0 Å². The van der Waals surface area contributed by atoms with Gasteiger partial charge in [-0.05, 0) is 30.2 Å². The number of amides is 1. The molecule has 0 N–H and O–H groups in total. The molecule has 2 fully saturated rings. The fraction of sp³-hybridized carbons (Fsp3) is 0.625. The van der Waals surface area contributed by atoms with E-state index in [4.69, 9.17) is 0 Å². The van der Waals surface area contributed by atoms with Crippen LogP contribution in [0.15, 0.2) is 29.4 Å². The first-order valence-electron chi connectivity index (χ1n) is 11.7. The van der Waals surface area contributed by atoms with Crippen LogP contribution in [0, 0.1) is 0 Å². The van der Waals surface area contributed by atoms with Crippen LogP contribution in [0.1, 0.15) is 64.5 Å². The molecule has 9 heteroatoms. The zero-order valence-corrected chi connectivity index (χ0v) is 21.6. The van der Waals surface area contributed by atoms with Crippen molar-refractivity contribution >= 4 is 27.5 Å². The average Bonchev–Trinajstić information content (AvgIpc) is 3.50. The zero-order chi connectivity index (χ0) is 23.8. The molecule has 2 aliphatic rings. The van der Waals surface area contributed by atoms with E-state index in [1.165, 1.54) is 30.2 Å². The van der Waals surface area contributed by atoms with E-state index < -0.39 is 9.84 Å². The van der Waals surface area contributed by atoms with Crippen molar-refractivity contribution in [3.05, 3.63) is 29.8 Å². The van der Waals surface area contributed by atoms with Gasteiger partial charge >= 0.3 is 0 Å². The van der Waals surface area contributed by atoms with Gasteiger partial charge in [0, 0.05) is 24.7 Å². The van der Waals surface area contributed by atoms with Crippen molar-refractivity contribution in [2.45, 2.75) is 75.5 Å². The molecule has 0 spiro atoms. The van der Waals surface area contributed by atoms with Gasteiger partial charge in [-0.15, -0.1) is 10.2 Å². The molecule has 1 aromatic carbocycles. The number of carbonyl (C=O) groups is 1. The summed E-state index contributed by atoms with van der Waals surface area (Å²) in [5, 5.41) is 9.76. The van der Waals surface area contributed by atoms with E-state index in [1.807, 2.05) is 0 Å². The Morgan fingerprint density at radius 1 is 1.12 bits per heavy atom. The Morgan fingerprint density at radius 2 is 1.79 bits per heavy atom. The number of nitrogens with zero attached hydrogens (tertiary/aromatic N) is 4. The summed E-state index contributed by atoms with van der Waals surface area (Å²) in [6.07, 6.45) is 5.07. The molecule has 1 aromatic heterocycles. The van der Waals surface area contributed by atoms with Gasteiger partial charge in [0.1, 0.15) is 0 Å². The first-order valence-corrected chi connectivity index (χ1v) is 14.5. The molecule has 4 rings (SSSR count). The van der Waals surface area contributed by atoms with Crippen LogP contribution in [0.2, 0.25) is 0 Å². The maximum absolute atomic E-state index is 12.8. The molecule has 1 atom stereocenters. The highest BCUT2D eigenvalue weighted by molar-refractivity contribution is 7.99. The predicted octanol–water partition coefficient (Wildman–Crippen LogP) is 4.10. The van der Waals surface area contributed by atoms with Crippen LogP contribution in [-0.2, 0) is 20.0 Å². The topological polar surface area (TPSA) is 85.2 Å². The molecule has 2 aromatic rings. The number of hydrogen-bond acceptors (Lipinski definition) is 6. The minimum atomic E-state index is -3.03. The van der Waals surface area contributed by atoms with Crippen molar-refractivity contribution in [3.63, 3.8) is 0 Å². The monoisotopic (exact) mass is 490 g/mol. The van der Waals surface area contributed by atoms with Gasteiger partial charge in [-0.2, -0.15) is 0 Å². The molecule has 1 unspecified atom stereocenters. The second kappa shape index (κ2) is 9.41. The van der Waals surface area contributed by atoms with Crippen LogP contribution in [0.4, 0.5) is 0 Å². The van der Waals surface area contributed by atoms with E-state index in [-0.39, 0.29) is 34.6 Å². The minimum absolute atomic E-state index is 0.0624. The number of benzene rings is 1. The fourth-order valence-electron chi connectivity index (χ4n) is 4.70. The molecule has 2 heterocycles. The normalized spacial score (nSPS) is 20.9. The minimum Gasteiger partial charge on any atom is -0.341 e. The Balaban J connectivity index is 1.53. The molecule has 0 radical (unpaired) electrons. The molecule has 1 aliphatic carbocycles. The molecule has 7 nitrogen and oxygen atoms in total. The summed E-state index contributed by atoms with van der Waals surface area (Å²) in [5.74, 6) is 1.23. The number of sulfone groups is 1. The van der Waals surface area contributed by atoms with Crippen molar-refractivity contribution in [2.75, 3.05) is 24.3 Å². The van der Waals surface area contributed by atoms with Gasteiger partial charge < -0.3 is 4.90 Å². The van der Waals surface area contributed by atoms with E-state index in [0.717, 1.165) is 29.4 Å². The highest BCUT2D eigenvalue weighted by atomic mass is 32.2. The Hall–Kier alpha value is -1.87. The summed E-state index contributed by atoms with van der Waals surface area (Å²) in [6.45, 7) is 6.60. The summed E-state index contributed by atoms with van der Waals surface area (Å²) >= 11 is 1.40. The number of thioether (sulfide) groups is 1. The smallest absolute Gasteiger partial charge is 0.233 e. The maximum Gasteiger partial charge on any atom is 0.233 e. The van der Waals surface area contributed by atoms with E-state index in [1.54, 1.807) is 11.9 Å². The van der Waals surface area contributed by atoms with Crippen molar-refractivity contribution < 1.29 is 13.2 Å². The third kappa shape index (κ3) is 5.45. The molecule has 1 amide bonds. The summed E-state index contributed by atoms with van der Waals surface area (Å²) in [5.41, 5.74) is 2.40. The molecule has 0 bridgehead atoms. The summed E-state index contributed by atoms with van der Waals surface area (Å²) < 4.78 is 25.8. The van der Waals surface area contributed by atoms with Crippen LogP contribution in [0.5, 0.6) is 0 Å². The van der Waals surface area contributed by atoms with Gasteiger partial charge in [0.2, 0.25) is 5.91 Å². The Labute approximate surface area is 201 Å². The third-order valence-electron chi connectivity index (χ3n) is 6.84.